The summed E-state index contributed by atoms with van der Waals surface area (Å²) >= 11 is 0. The summed E-state index contributed by atoms with van der Waals surface area (Å²) in [6.07, 6.45) is -3.21. The summed E-state index contributed by atoms with van der Waals surface area (Å²) in [6, 6.07) is 2.46. The highest BCUT2D eigenvalue weighted by Crippen LogP contribution is 2.34. The number of nitrogens with one attached hydrogen (secondary N) is 1. The molecule has 1 nitrogen and oxygen atoms in total. The Morgan fingerprint density at radius 2 is 1.94 bits per heavy atom. The van der Waals surface area contributed by atoms with Gasteiger partial charge in [0.15, 0.2) is 0 Å². The molecule has 1 heterocycles. The van der Waals surface area contributed by atoms with Gasteiger partial charge < -0.3 is 0 Å². The zero-order chi connectivity index (χ0) is 13.3. The van der Waals surface area contributed by atoms with Crippen LogP contribution in [0.3, 0.4) is 0 Å². The summed E-state index contributed by atoms with van der Waals surface area (Å²) in [6.45, 7) is 1.80. The van der Waals surface area contributed by atoms with Crippen LogP contribution in [0.4, 0.5) is 17.6 Å². The second kappa shape index (κ2) is 4.88. The first-order valence-electron chi connectivity index (χ1n) is 5.97. The van der Waals surface area contributed by atoms with Crippen LogP contribution in [0.15, 0.2) is 18.2 Å². The lowest BCUT2D eigenvalue weighted by atomic mass is 9.92. The molecule has 100 valence electrons. The summed E-state index contributed by atoms with van der Waals surface area (Å²) in [7, 11) is 0. The zero-order valence-electron chi connectivity index (χ0n) is 10.0. The van der Waals surface area contributed by atoms with Crippen molar-refractivity contribution in [3.05, 3.63) is 35.1 Å². The molecule has 0 amide bonds. The van der Waals surface area contributed by atoms with E-state index in [1.165, 1.54) is 6.07 Å². The second-order valence-corrected chi connectivity index (χ2v) is 4.77. The number of halogens is 4. The zero-order valence-corrected chi connectivity index (χ0v) is 10.0. The SMILES string of the molecule is Cc1ccc(F)c(C2CCCC(C(F)(F)F)N2)c1. The third-order valence-electron chi connectivity index (χ3n) is 3.31. The van der Waals surface area contributed by atoms with Gasteiger partial charge in [-0.2, -0.15) is 13.2 Å². The molecule has 1 fully saturated rings. The number of aryl methyl sites for hydroxylation is 1. The third kappa shape index (κ3) is 2.83. The normalized spacial score (nSPS) is 25.2. The Labute approximate surface area is 103 Å². The van der Waals surface area contributed by atoms with Gasteiger partial charge in [-0.1, -0.05) is 17.7 Å². The van der Waals surface area contributed by atoms with Crippen molar-refractivity contribution in [2.24, 2.45) is 0 Å². The molecule has 0 saturated carbocycles. The van der Waals surface area contributed by atoms with Gasteiger partial charge in [0.2, 0.25) is 0 Å². The predicted molar refractivity (Wildman–Crippen MR) is 60.7 cm³/mol. The van der Waals surface area contributed by atoms with E-state index in [0.29, 0.717) is 18.4 Å². The van der Waals surface area contributed by atoms with E-state index in [2.05, 4.69) is 5.32 Å². The smallest absolute Gasteiger partial charge is 0.299 e. The lowest BCUT2D eigenvalue weighted by Crippen LogP contribution is -2.46. The van der Waals surface area contributed by atoms with Gasteiger partial charge in [-0.15, -0.1) is 0 Å². The van der Waals surface area contributed by atoms with Crippen LogP contribution in [0, 0.1) is 12.7 Å². The van der Waals surface area contributed by atoms with Crippen LogP contribution in [0.25, 0.3) is 0 Å². The predicted octanol–water partition coefficient (Wildman–Crippen LogP) is 3.88. The van der Waals surface area contributed by atoms with Crippen LogP contribution < -0.4 is 5.32 Å². The first-order chi connectivity index (χ1) is 8.38. The Morgan fingerprint density at radius 3 is 2.61 bits per heavy atom. The number of piperidine rings is 1. The van der Waals surface area contributed by atoms with Crippen molar-refractivity contribution < 1.29 is 17.6 Å². The second-order valence-electron chi connectivity index (χ2n) is 4.77. The van der Waals surface area contributed by atoms with Crippen molar-refractivity contribution in [1.29, 1.82) is 0 Å². The molecule has 0 radical (unpaired) electrons. The number of hydrogen-bond acceptors (Lipinski definition) is 1. The van der Waals surface area contributed by atoms with Gasteiger partial charge in [0.05, 0.1) is 0 Å². The largest absolute Gasteiger partial charge is 0.403 e. The van der Waals surface area contributed by atoms with Crippen LogP contribution in [0.1, 0.15) is 36.4 Å². The first kappa shape index (κ1) is 13.3. The van der Waals surface area contributed by atoms with Crippen molar-refractivity contribution in [3.63, 3.8) is 0 Å². The minimum atomic E-state index is -4.26. The average Bonchev–Trinajstić information content (AvgIpc) is 2.31. The molecule has 2 unspecified atom stereocenters. The third-order valence-corrected chi connectivity index (χ3v) is 3.31. The maximum absolute atomic E-state index is 13.7. The molecule has 0 spiro atoms. The highest BCUT2D eigenvalue weighted by Gasteiger charge is 2.42. The molecule has 0 aromatic heterocycles. The molecule has 1 aliphatic rings. The van der Waals surface area contributed by atoms with E-state index in [0.717, 1.165) is 5.56 Å². The Morgan fingerprint density at radius 1 is 1.22 bits per heavy atom. The molecular weight excluding hydrogens is 246 g/mol. The van der Waals surface area contributed by atoms with Crippen molar-refractivity contribution in [2.75, 3.05) is 0 Å². The van der Waals surface area contributed by atoms with Crippen molar-refractivity contribution in [1.82, 2.24) is 5.32 Å². The van der Waals surface area contributed by atoms with Crippen molar-refractivity contribution in [2.45, 2.75) is 44.4 Å². The molecule has 1 aromatic carbocycles. The van der Waals surface area contributed by atoms with Gasteiger partial charge in [-0.25, -0.2) is 4.39 Å². The quantitative estimate of drug-likeness (QED) is 0.756. The van der Waals surface area contributed by atoms with E-state index < -0.39 is 24.1 Å². The highest BCUT2D eigenvalue weighted by molar-refractivity contribution is 5.27. The van der Waals surface area contributed by atoms with Crippen molar-refractivity contribution >= 4 is 0 Å². The first-order valence-corrected chi connectivity index (χ1v) is 5.97. The number of alkyl halides is 3. The fourth-order valence-corrected chi connectivity index (χ4v) is 2.37. The van der Waals surface area contributed by atoms with Gasteiger partial charge in [-0.3, -0.25) is 5.32 Å². The van der Waals surface area contributed by atoms with Gasteiger partial charge in [0.1, 0.15) is 11.9 Å². The summed E-state index contributed by atoms with van der Waals surface area (Å²) in [5.41, 5.74) is 1.19. The molecule has 1 N–H and O–H groups in total. The minimum absolute atomic E-state index is 0.0629. The molecule has 5 heteroatoms. The van der Waals surface area contributed by atoms with Gasteiger partial charge >= 0.3 is 6.18 Å². The molecule has 1 aliphatic heterocycles. The Kier molecular flexibility index (Phi) is 3.61. The average molecular weight is 261 g/mol. The lowest BCUT2D eigenvalue weighted by molar-refractivity contribution is -0.163. The molecule has 2 rings (SSSR count). The summed E-state index contributed by atoms with van der Waals surface area (Å²) in [5, 5.41) is 2.51. The topological polar surface area (TPSA) is 12.0 Å². The van der Waals surface area contributed by atoms with Crippen LogP contribution in [-0.2, 0) is 0 Å². The Hall–Kier alpha value is -1.10. The van der Waals surface area contributed by atoms with Crippen LogP contribution in [0.2, 0.25) is 0 Å². The summed E-state index contributed by atoms with van der Waals surface area (Å²) < 4.78 is 51.6. The van der Waals surface area contributed by atoms with E-state index in [-0.39, 0.29) is 6.42 Å². The molecular formula is C13H15F4N. The lowest BCUT2D eigenvalue weighted by Gasteiger charge is -2.32. The number of benzene rings is 1. The number of hydrogen-bond donors (Lipinski definition) is 1. The molecule has 0 aliphatic carbocycles. The van der Waals surface area contributed by atoms with E-state index in [4.69, 9.17) is 0 Å². The molecule has 1 aromatic rings. The molecule has 18 heavy (non-hydrogen) atoms. The van der Waals surface area contributed by atoms with Crippen LogP contribution >= 0.6 is 0 Å². The van der Waals surface area contributed by atoms with Crippen molar-refractivity contribution in [3.8, 4) is 0 Å². The van der Waals surface area contributed by atoms with E-state index in [1.54, 1.807) is 19.1 Å². The summed E-state index contributed by atoms with van der Waals surface area (Å²) in [4.78, 5) is 0. The Bertz CT molecular complexity index is 427. The molecule has 0 bridgehead atoms. The minimum Gasteiger partial charge on any atom is -0.299 e. The summed E-state index contributed by atoms with van der Waals surface area (Å²) in [5.74, 6) is -0.444. The van der Waals surface area contributed by atoms with E-state index in [1.807, 2.05) is 0 Å². The van der Waals surface area contributed by atoms with Gasteiger partial charge in [0.25, 0.3) is 0 Å². The van der Waals surface area contributed by atoms with E-state index in [9.17, 15) is 17.6 Å². The van der Waals surface area contributed by atoms with Gasteiger partial charge in [-0.05, 0) is 32.3 Å². The Balaban J connectivity index is 2.21. The maximum atomic E-state index is 13.7. The fraction of sp³-hybridized carbons (Fsp3) is 0.538. The van der Waals surface area contributed by atoms with Gasteiger partial charge in [0, 0.05) is 11.6 Å². The van der Waals surface area contributed by atoms with E-state index >= 15 is 0 Å². The monoisotopic (exact) mass is 261 g/mol. The van der Waals surface area contributed by atoms with Crippen LogP contribution in [-0.4, -0.2) is 12.2 Å². The fourth-order valence-electron chi connectivity index (χ4n) is 2.37. The standard InChI is InChI=1S/C13H15F4N/c1-8-5-6-10(14)9(7-8)11-3-2-4-12(18-11)13(15,16)17/h5-7,11-12,18H,2-4H2,1H3. The number of rotatable bonds is 1. The highest BCUT2D eigenvalue weighted by atomic mass is 19.4. The van der Waals surface area contributed by atoms with Crippen LogP contribution in [0.5, 0.6) is 0 Å². The maximum Gasteiger partial charge on any atom is 0.403 e. The molecule has 1 saturated heterocycles. The molecule has 2 atom stereocenters.